The Morgan fingerprint density at radius 1 is 1.14 bits per heavy atom. The van der Waals surface area contributed by atoms with E-state index in [1.807, 2.05) is 0 Å². The normalized spacial score (nSPS) is 28.3. The van der Waals surface area contributed by atoms with Crippen molar-refractivity contribution in [3.63, 3.8) is 0 Å². The lowest BCUT2D eigenvalue weighted by atomic mass is 9.82. The maximum atomic E-state index is 6.40. The quantitative estimate of drug-likeness (QED) is 0.824. The second-order valence-electron chi connectivity index (χ2n) is 8.03. The van der Waals surface area contributed by atoms with Crippen molar-refractivity contribution in [1.82, 2.24) is 9.63 Å². The summed E-state index contributed by atoms with van der Waals surface area (Å²) in [4.78, 5) is 6.40. The largest absolute Gasteiger partial charge is 0.351 e. The maximum absolute atomic E-state index is 6.40. The van der Waals surface area contributed by atoms with Crippen molar-refractivity contribution in [3.8, 4) is 0 Å². The zero-order valence-corrected chi connectivity index (χ0v) is 14.1. The molecule has 3 rings (SSSR count). The van der Waals surface area contributed by atoms with Gasteiger partial charge in [0.1, 0.15) is 0 Å². The first-order chi connectivity index (χ1) is 9.90. The van der Waals surface area contributed by atoms with Crippen LogP contribution in [0.3, 0.4) is 0 Å². The average Bonchev–Trinajstić information content (AvgIpc) is 2.85. The summed E-state index contributed by atoms with van der Waals surface area (Å²) in [7, 11) is 0. The molecule has 1 saturated heterocycles. The number of aromatic nitrogens is 1. The first-order valence-corrected chi connectivity index (χ1v) is 8.48. The van der Waals surface area contributed by atoms with Crippen LogP contribution in [0, 0.1) is 0 Å². The minimum absolute atomic E-state index is 0.137. The predicted octanol–water partition coefficient (Wildman–Crippen LogP) is 4.34. The highest BCUT2D eigenvalue weighted by Gasteiger charge is 2.42. The number of hydrogen-bond acceptors (Lipinski definition) is 2. The van der Waals surface area contributed by atoms with Gasteiger partial charge >= 0.3 is 0 Å². The van der Waals surface area contributed by atoms with Crippen LogP contribution in [0.5, 0.6) is 0 Å². The van der Waals surface area contributed by atoms with Crippen molar-refractivity contribution < 1.29 is 4.84 Å². The van der Waals surface area contributed by atoms with E-state index < -0.39 is 0 Å². The molecule has 0 aromatic carbocycles. The van der Waals surface area contributed by atoms with E-state index in [4.69, 9.17) is 4.84 Å². The van der Waals surface area contributed by atoms with E-state index in [-0.39, 0.29) is 11.1 Å². The topological polar surface area (TPSA) is 17.4 Å². The van der Waals surface area contributed by atoms with E-state index in [0.717, 1.165) is 6.61 Å². The number of hydroxylamine groups is 2. The molecule has 1 aromatic rings. The molecule has 3 nitrogen and oxygen atoms in total. The summed E-state index contributed by atoms with van der Waals surface area (Å²) in [5, 5.41) is 2.30. The van der Waals surface area contributed by atoms with Gasteiger partial charge in [0.2, 0.25) is 0 Å². The Hall–Kier alpha value is -0.800. The highest BCUT2D eigenvalue weighted by Crippen LogP contribution is 2.39. The third kappa shape index (κ3) is 2.91. The van der Waals surface area contributed by atoms with E-state index in [2.05, 4.69) is 55.7 Å². The Bertz CT molecular complexity index is 473. The predicted molar refractivity (Wildman–Crippen MR) is 86.2 cm³/mol. The van der Waals surface area contributed by atoms with Gasteiger partial charge in [-0.05, 0) is 71.9 Å². The van der Waals surface area contributed by atoms with Gasteiger partial charge in [-0.3, -0.25) is 4.84 Å². The summed E-state index contributed by atoms with van der Waals surface area (Å²) in [5.74, 6) is 0.544. The summed E-state index contributed by atoms with van der Waals surface area (Å²) in [6, 6.07) is 4.43. The average molecular weight is 290 g/mol. The molecule has 0 spiro atoms. The molecule has 2 aliphatic heterocycles. The second kappa shape index (κ2) is 5.44. The lowest BCUT2D eigenvalue weighted by Crippen LogP contribution is -2.58. The third-order valence-electron chi connectivity index (χ3n) is 5.32. The van der Waals surface area contributed by atoms with Crippen LogP contribution in [-0.2, 0) is 11.4 Å². The van der Waals surface area contributed by atoms with Crippen molar-refractivity contribution in [1.29, 1.82) is 0 Å². The molecule has 21 heavy (non-hydrogen) atoms. The standard InChI is InChI=1S/C18H30N2O/c1-17(2)10-7-11-18(3,4)20(17)21-14-15-8-5-12-19-13-6-9-16(15)19/h6,9,13,15H,5,7-8,10-12,14H2,1-4H3/t15-/m0/s1. The van der Waals surface area contributed by atoms with E-state index in [1.54, 1.807) is 0 Å². The zero-order valence-electron chi connectivity index (χ0n) is 14.1. The van der Waals surface area contributed by atoms with E-state index in [9.17, 15) is 0 Å². The molecule has 1 atom stereocenters. The molecule has 3 heterocycles. The third-order valence-corrected chi connectivity index (χ3v) is 5.32. The van der Waals surface area contributed by atoms with Crippen LogP contribution in [0.4, 0.5) is 0 Å². The molecule has 3 heteroatoms. The van der Waals surface area contributed by atoms with Gasteiger partial charge in [-0.15, -0.1) is 0 Å². The van der Waals surface area contributed by atoms with Crippen molar-refractivity contribution in [2.45, 2.75) is 83.3 Å². The monoisotopic (exact) mass is 290 g/mol. The summed E-state index contributed by atoms with van der Waals surface area (Å²) in [6.07, 6.45) is 8.46. The Labute approximate surface area is 129 Å². The lowest BCUT2D eigenvalue weighted by molar-refractivity contribution is -0.283. The summed E-state index contributed by atoms with van der Waals surface area (Å²) >= 11 is 0. The van der Waals surface area contributed by atoms with Crippen LogP contribution in [0.15, 0.2) is 18.3 Å². The lowest BCUT2D eigenvalue weighted by Gasteiger charge is -2.51. The Balaban J connectivity index is 1.70. The summed E-state index contributed by atoms with van der Waals surface area (Å²) in [6.45, 7) is 11.3. The van der Waals surface area contributed by atoms with Crippen LogP contribution in [0.25, 0.3) is 0 Å². The van der Waals surface area contributed by atoms with E-state index >= 15 is 0 Å². The first-order valence-electron chi connectivity index (χ1n) is 8.48. The number of hydrogen-bond donors (Lipinski definition) is 0. The Kier molecular flexibility index (Phi) is 3.91. The SMILES string of the molecule is CC1(C)CCCC(C)(C)N1OC[C@@H]1CCCn2cccc21. The smallest absolute Gasteiger partial charge is 0.0768 e. The number of fused-ring (bicyclic) bond motifs is 1. The zero-order chi connectivity index (χ0) is 15.1. The number of aryl methyl sites for hydroxylation is 1. The molecular formula is C18H30N2O. The van der Waals surface area contributed by atoms with Crippen LogP contribution >= 0.6 is 0 Å². The van der Waals surface area contributed by atoms with Crippen molar-refractivity contribution >= 4 is 0 Å². The molecule has 0 N–H and O–H groups in total. The minimum atomic E-state index is 0.137. The van der Waals surface area contributed by atoms with Crippen molar-refractivity contribution in [2.24, 2.45) is 0 Å². The summed E-state index contributed by atoms with van der Waals surface area (Å²) < 4.78 is 2.39. The molecule has 1 aromatic heterocycles. The van der Waals surface area contributed by atoms with Gasteiger partial charge in [-0.1, -0.05) is 0 Å². The van der Waals surface area contributed by atoms with E-state index in [1.165, 1.54) is 44.3 Å². The van der Waals surface area contributed by atoms with Gasteiger partial charge in [-0.2, -0.15) is 5.06 Å². The number of nitrogens with zero attached hydrogens (tertiary/aromatic N) is 2. The highest BCUT2D eigenvalue weighted by molar-refractivity contribution is 5.14. The molecule has 0 saturated carbocycles. The highest BCUT2D eigenvalue weighted by atomic mass is 16.7. The number of piperidine rings is 1. The molecular weight excluding hydrogens is 260 g/mol. The second-order valence-corrected chi connectivity index (χ2v) is 8.03. The van der Waals surface area contributed by atoms with Crippen molar-refractivity contribution in [2.75, 3.05) is 6.61 Å². The Morgan fingerprint density at radius 3 is 2.57 bits per heavy atom. The van der Waals surface area contributed by atoms with Gasteiger partial charge in [0.05, 0.1) is 6.61 Å². The van der Waals surface area contributed by atoms with Crippen LogP contribution in [0.1, 0.15) is 71.4 Å². The van der Waals surface area contributed by atoms with Gasteiger partial charge < -0.3 is 4.57 Å². The molecule has 0 amide bonds. The molecule has 2 aliphatic rings. The van der Waals surface area contributed by atoms with Gasteiger partial charge in [-0.25, -0.2) is 0 Å². The van der Waals surface area contributed by atoms with Gasteiger partial charge in [0, 0.05) is 35.4 Å². The fraction of sp³-hybridized carbons (Fsp3) is 0.778. The molecule has 0 radical (unpaired) electrons. The van der Waals surface area contributed by atoms with Crippen LogP contribution < -0.4 is 0 Å². The van der Waals surface area contributed by atoms with E-state index in [0.29, 0.717) is 5.92 Å². The molecule has 0 aliphatic carbocycles. The molecule has 118 valence electrons. The van der Waals surface area contributed by atoms with Gasteiger partial charge in [0.25, 0.3) is 0 Å². The summed E-state index contributed by atoms with van der Waals surface area (Å²) in [5.41, 5.74) is 1.73. The van der Waals surface area contributed by atoms with Gasteiger partial charge in [0.15, 0.2) is 0 Å². The fourth-order valence-corrected chi connectivity index (χ4v) is 4.32. The maximum Gasteiger partial charge on any atom is 0.0768 e. The minimum Gasteiger partial charge on any atom is -0.351 e. The van der Waals surface area contributed by atoms with Crippen molar-refractivity contribution in [3.05, 3.63) is 24.0 Å². The molecule has 0 bridgehead atoms. The van der Waals surface area contributed by atoms with Crippen LogP contribution in [0.2, 0.25) is 0 Å². The number of rotatable bonds is 3. The van der Waals surface area contributed by atoms with Crippen LogP contribution in [-0.4, -0.2) is 27.3 Å². The molecule has 1 fully saturated rings. The Morgan fingerprint density at radius 2 is 1.86 bits per heavy atom. The molecule has 0 unspecified atom stereocenters. The fourth-order valence-electron chi connectivity index (χ4n) is 4.32. The first kappa shape index (κ1) is 15.1.